The lowest BCUT2D eigenvalue weighted by Crippen LogP contribution is -2.41. The predicted molar refractivity (Wildman–Crippen MR) is 85.2 cm³/mol. The molecule has 1 N–H and O–H groups in total. The van der Waals surface area contributed by atoms with Gasteiger partial charge in [0.1, 0.15) is 5.75 Å². The monoisotopic (exact) mass is 317 g/mol. The molecule has 1 heterocycles. The van der Waals surface area contributed by atoms with Crippen LogP contribution in [0.3, 0.4) is 0 Å². The largest absolute Gasteiger partial charge is 0.496 e. The van der Waals surface area contributed by atoms with E-state index in [4.69, 9.17) is 4.74 Å². The van der Waals surface area contributed by atoms with E-state index in [0.29, 0.717) is 25.9 Å². The first-order valence-electron chi connectivity index (χ1n) is 8.26. The summed E-state index contributed by atoms with van der Waals surface area (Å²) in [6.07, 6.45) is 3.60. The van der Waals surface area contributed by atoms with Crippen molar-refractivity contribution in [2.75, 3.05) is 13.7 Å². The highest BCUT2D eigenvalue weighted by molar-refractivity contribution is 5.80. The molecule has 5 nitrogen and oxygen atoms in total. The number of nitrogens with zero attached hydrogens (tertiary/aromatic N) is 1. The molecule has 0 bridgehead atoms. The zero-order valence-electron chi connectivity index (χ0n) is 13.5. The van der Waals surface area contributed by atoms with Crippen molar-refractivity contribution >= 4 is 11.9 Å². The van der Waals surface area contributed by atoms with E-state index in [1.54, 1.807) is 7.11 Å². The number of carboxylic acid groups (broad SMARTS) is 1. The van der Waals surface area contributed by atoms with Gasteiger partial charge in [-0.15, -0.1) is 0 Å². The molecule has 1 fully saturated rings. The number of carbonyl (C=O) groups excluding carboxylic acids is 1. The van der Waals surface area contributed by atoms with Crippen LogP contribution >= 0.6 is 0 Å². The average Bonchev–Trinajstić information content (AvgIpc) is 2.60. The molecule has 1 aromatic rings. The first-order chi connectivity index (χ1) is 11.1. The second kappa shape index (κ2) is 6.60. The number of rotatable bonds is 3. The van der Waals surface area contributed by atoms with Gasteiger partial charge in [-0.1, -0.05) is 18.6 Å². The molecule has 23 heavy (non-hydrogen) atoms. The molecule has 2 unspecified atom stereocenters. The lowest BCUT2D eigenvalue weighted by atomic mass is 9.80. The molecule has 1 amide bonds. The zero-order chi connectivity index (χ0) is 16.4. The van der Waals surface area contributed by atoms with Crippen LogP contribution in [0.4, 0.5) is 0 Å². The second-order valence-electron chi connectivity index (χ2n) is 6.51. The molecule has 1 aliphatic carbocycles. The Bertz CT molecular complexity index is 613. The van der Waals surface area contributed by atoms with Crippen LogP contribution < -0.4 is 4.74 Å². The Hall–Kier alpha value is -2.04. The van der Waals surface area contributed by atoms with Gasteiger partial charge in [-0.3, -0.25) is 9.59 Å². The number of amides is 1. The number of hydrogen-bond donors (Lipinski definition) is 1. The maximum Gasteiger partial charge on any atom is 0.306 e. The quantitative estimate of drug-likeness (QED) is 0.930. The molecule has 5 heteroatoms. The summed E-state index contributed by atoms with van der Waals surface area (Å²) in [4.78, 5) is 25.9. The van der Waals surface area contributed by atoms with Crippen LogP contribution in [0.25, 0.3) is 0 Å². The molecule has 0 radical (unpaired) electrons. The van der Waals surface area contributed by atoms with Gasteiger partial charge in [0.15, 0.2) is 0 Å². The minimum Gasteiger partial charge on any atom is -0.496 e. The van der Waals surface area contributed by atoms with Crippen molar-refractivity contribution in [2.45, 2.75) is 38.6 Å². The number of methoxy groups -OCH3 is 1. The van der Waals surface area contributed by atoms with Gasteiger partial charge in [0, 0.05) is 24.6 Å². The van der Waals surface area contributed by atoms with Crippen molar-refractivity contribution in [3.05, 3.63) is 29.3 Å². The van der Waals surface area contributed by atoms with E-state index in [1.807, 2.05) is 23.1 Å². The number of benzene rings is 1. The lowest BCUT2D eigenvalue weighted by molar-refractivity contribution is -0.145. The van der Waals surface area contributed by atoms with E-state index in [9.17, 15) is 14.7 Å². The highest BCUT2D eigenvalue weighted by Crippen LogP contribution is 2.33. The van der Waals surface area contributed by atoms with Crippen molar-refractivity contribution in [1.29, 1.82) is 0 Å². The highest BCUT2D eigenvalue weighted by Gasteiger charge is 2.34. The van der Waals surface area contributed by atoms with Crippen molar-refractivity contribution in [3.8, 4) is 5.75 Å². The summed E-state index contributed by atoms with van der Waals surface area (Å²) in [7, 11) is 1.67. The molecule has 1 aromatic carbocycles. The Labute approximate surface area is 136 Å². The molecule has 1 aliphatic heterocycles. The zero-order valence-corrected chi connectivity index (χ0v) is 13.5. The van der Waals surface area contributed by atoms with E-state index in [1.165, 1.54) is 5.56 Å². The van der Waals surface area contributed by atoms with Crippen molar-refractivity contribution in [1.82, 2.24) is 4.90 Å². The molecular formula is C18H23NO4. The fourth-order valence-electron chi connectivity index (χ4n) is 3.85. The molecule has 0 saturated heterocycles. The van der Waals surface area contributed by atoms with Crippen molar-refractivity contribution in [3.63, 3.8) is 0 Å². The summed E-state index contributed by atoms with van der Waals surface area (Å²) in [5, 5.41) is 9.20. The topological polar surface area (TPSA) is 66.8 Å². The summed E-state index contributed by atoms with van der Waals surface area (Å²) >= 11 is 0. The van der Waals surface area contributed by atoms with Crippen LogP contribution in [0.15, 0.2) is 18.2 Å². The number of fused-ring (bicyclic) bond motifs is 1. The Morgan fingerprint density at radius 1 is 1.26 bits per heavy atom. The fourth-order valence-corrected chi connectivity index (χ4v) is 3.85. The van der Waals surface area contributed by atoms with E-state index in [-0.39, 0.29) is 17.7 Å². The molecule has 1 saturated carbocycles. The molecule has 2 atom stereocenters. The minimum absolute atomic E-state index is 0.115. The summed E-state index contributed by atoms with van der Waals surface area (Å²) in [5.41, 5.74) is 2.32. The fraction of sp³-hybridized carbons (Fsp3) is 0.556. The van der Waals surface area contributed by atoms with Crippen LogP contribution in [-0.4, -0.2) is 35.5 Å². The van der Waals surface area contributed by atoms with Crippen molar-refractivity contribution in [2.24, 2.45) is 11.8 Å². The van der Waals surface area contributed by atoms with Crippen LogP contribution in [0, 0.1) is 11.8 Å². The molecule has 124 valence electrons. The van der Waals surface area contributed by atoms with Crippen molar-refractivity contribution < 1.29 is 19.4 Å². The first kappa shape index (κ1) is 15.8. The Kier molecular flexibility index (Phi) is 4.55. The van der Waals surface area contributed by atoms with E-state index in [0.717, 1.165) is 30.6 Å². The van der Waals surface area contributed by atoms with Crippen LogP contribution in [0.2, 0.25) is 0 Å². The smallest absolute Gasteiger partial charge is 0.306 e. The minimum atomic E-state index is -0.767. The van der Waals surface area contributed by atoms with E-state index in [2.05, 4.69) is 0 Å². The lowest BCUT2D eigenvalue weighted by Gasteiger charge is -2.34. The average molecular weight is 317 g/mol. The standard InChI is InChI=1S/C18H23NO4/c1-23-16-7-3-6-14-11-19(9-8-15(14)16)17(20)12-4-2-5-13(10-12)18(21)22/h3,6-7,12-13H,2,4-5,8-11H2,1H3,(H,21,22). The van der Waals surface area contributed by atoms with Crippen LogP contribution in [0.1, 0.15) is 36.8 Å². The number of ether oxygens (including phenoxy) is 1. The predicted octanol–water partition coefficient (Wildman–Crippen LogP) is 2.47. The SMILES string of the molecule is COc1cccc2c1CCN(C(=O)C1CCCC(C(=O)O)C1)C2. The second-order valence-corrected chi connectivity index (χ2v) is 6.51. The van der Waals surface area contributed by atoms with Gasteiger partial charge in [-0.2, -0.15) is 0 Å². The third kappa shape index (κ3) is 3.19. The summed E-state index contributed by atoms with van der Waals surface area (Å²) < 4.78 is 5.40. The third-order valence-electron chi connectivity index (χ3n) is 5.13. The molecule has 0 spiro atoms. The summed E-state index contributed by atoms with van der Waals surface area (Å²) in [6, 6.07) is 5.94. The number of hydrogen-bond acceptors (Lipinski definition) is 3. The van der Waals surface area contributed by atoms with Gasteiger partial charge in [0.05, 0.1) is 13.0 Å². The van der Waals surface area contributed by atoms with Crippen LogP contribution in [-0.2, 0) is 22.6 Å². The van der Waals surface area contributed by atoms with E-state index >= 15 is 0 Å². The van der Waals surface area contributed by atoms with Gasteiger partial charge in [0.2, 0.25) is 5.91 Å². The van der Waals surface area contributed by atoms with Gasteiger partial charge in [-0.25, -0.2) is 0 Å². The summed E-state index contributed by atoms with van der Waals surface area (Å²) in [6.45, 7) is 1.28. The maximum atomic E-state index is 12.8. The number of carboxylic acids is 1. The van der Waals surface area contributed by atoms with Gasteiger partial charge in [-0.05, 0) is 37.3 Å². The van der Waals surface area contributed by atoms with Gasteiger partial charge >= 0.3 is 5.97 Å². The third-order valence-corrected chi connectivity index (χ3v) is 5.13. The highest BCUT2D eigenvalue weighted by atomic mass is 16.5. The van der Waals surface area contributed by atoms with E-state index < -0.39 is 5.97 Å². The Morgan fingerprint density at radius 2 is 2.04 bits per heavy atom. The number of aliphatic carboxylic acids is 1. The molecule has 0 aromatic heterocycles. The Morgan fingerprint density at radius 3 is 2.78 bits per heavy atom. The first-order valence-corrected chi connectivity index (χ1v) is 8.26. The normalized spacial score (nSPS) is 24.0. The number of carbonyl (C=O) groups is 2. The summed E-state index contributed by atoms with van der Waals surface area (Å²) in [5.74, 6) is -0.272. The molecule has 2 aliphatic rings. The molecular weight excluding hydrogens is 294 g/mol. The van der Waals surface area contributed by atoms with Gasteiger partial charge < -0.3 is 14.7 Å². The van der Waals surface area contributed by atoms with Gasteiger partial charge in [0.25, 0.3) is 0 Å². The Balaban J connectivity index is 1.70. The van der Waals surface area contributed by atoms with Crippen LogP contribution in [0.5, 0.6) is 5.75 Å². The molecule has 3 rings (SSSR count). The maximum absolute atomic E-state index is 12.8.